The van der Waals surface area contributed by atoms with Crippen molar-refractivity contribution in [3.8, 4) is 0 Å². The van der Waals surface area contributed by atoms with Gasteiger partial charge in [-0.3, -0.25) is 4.79 Å². The molecule has 0 spiro atoms. The molecule has 0 aliphatic rings. The van der Waals surface area contributed by atoms with Crippen molar-refractivity contribution in [3.05, 3.63) is 57.3 Å². The third kappa shape index (κ3) is 3.46. The van der Waals surface area contributed by atoms with Gasteiger partial charge in [0.25, 0.3) is 5.91 Å². The van der Waals surface area contributed by atoms with E-state index in [0.29, 0.717) is 11.4 Å². The maximum atomic E-state index is 12.2. The fraction of sp³-hybridized carbons (Fsp3) is 0.133. The molecule has 5 nitrogen and oxygen atoms in total. The van der Waals surface area contributed by atoms with Crippen LogP contribution < -0.4 is 5.32 Å². The van der Waals surface area contributed by atoms with E-state index in [0.717, 1.165) is 10.0 Å². The third-order valence-electron chi connectivity index (χ3n) is 2.99. The number of carboxylic acids is 1. The summed E-state index contributed by atoms with van der Waals surface area (Å²) in [6.07, 6.45) is 0. The molecule has 1 heterocycles. The van der Waals surface area contributed by atoms with Crippen LogP contribution in [-0.4, -0.2) is 22.0 Å². The number of aryl methyl sites for hydroxylation is 2. The van der Waals surface area contributed by atoms with Crippen molar-refractivity contribution in [2.24, 2.45) is 0 Å². The average molecular weight is 349 g/mol. The summed E-state index contributed by atoms with van der Waals surface area (Å²) in [5.41, 5.74) is 2.18. The first-order valence-electron chi connectivity index (χ1n) is 6.17. The molecule has 1 amide bonds. The van der Waals surface area contributed by atoms with Gasteiger partial charge in [0.1, 0.15) is 5.69 Å². The summed E-state index contributed by atoms with van der Waals surface area (Å²) in [5.74, 6) is -1.43. The Morgan fingerprint density at radius 1 is 1.19 bits per heavy atom. The Labute approximate surface area is 130 Å². The molecule has 0 fully saturated rings. The molecule has 108 valence electrons. The van der Waals surface area contributed by atoms with E-state index in [1.54, 1.807) is 13.0 Å². The van der Waals surface area contributed by atoms with E-state index in [1.807, 2.05) is 19.1 Å². The Bertz CT molecular complexity index is 729. The number of anilines is 1. The summed E-state index contributed by atoms with van der Waals surface area (Å²) < 4.78 is 0.928. The van der Waals surface area contributed by atoms with Crippen molar-refractivity contribution in [1.82, 2.24) is 4.98 Å². The van der Waals surface area contributed by atoms with Crippen LogP contribution in [0, 0.1) is 13.8 Å². The zero-order chi connectivity index (χ0) is 15.6. The van der Waals surface area contributed by atoms with Gasteiger partial charge in [-0.2, -0.15) is 0 Å². The second-order valence-corrected chi connectivity index (χ2v) is 5.46. The van der Waals surface area contributed by atoms with Gasteiger partial charge < -0.3 is 10.4 Å². The van der Waals surface area contributed by atoms with E-state index in [4.69, 9.17) is 5.11 Å². The maximum Gasteiger partial charge on any atom is 0.337 e. The van der Waals surface area contributed by atoms with Crippen LogP contribution in [-0.2, 0) is 0 Å². The monoisotopic (exact) mass is 348 g/mol. The Kier molecular flexibility index (Phi) is 4.37. The number of carbonyl (C=O) groups excluding carboxylic acids is 1. The van der Waals surface area contributed by atoms with Gasteiger partial charge >= 0.3 is 5.97 Å². The van der Waals surface area contributed by atoms with Crippen LogP contribution in [0.5, 0.6) is 0 Å². The molecular weight excluding hydrogens is 336 g/mol. The van der Waals surface area contributed by atoms with Gasteiger partial charge in [0.05, 0.1) is 11.3 Å². The standard InChI is InChI=1S/C15H13BrN2O3/c1-8-7-10(16)3-5-12(8)18-14(19)13-6-4-11(15(20)21)9(2)17-13/h3-7H,1-2H3,(H,18,19)(H,20,21). The number of nitrogens with one attached hydrogen (secondary N) is 1. The van der Waals surface area contributed by atoms with Crippen molar-refractivity contribution in [3.63, 3.8) is 0 Å². The molecule has 0 bridgehead atoms. The van der Waals surface area contributed by atoms with Gasteiger partial charge in [-0.25, -0.2) is 9.78 Å². The molecule has 2 aromatic rings. The number of halogens is 1. The summed E-state index contributed by atoms with van der Waals surface area (Å²) in [6.45, 7) is 3.44. The summed E-state index contributed by atoms with van der Waals surface area (Å²) in [7, 11) is 0. The zero-order valence-corrected chi connectivity index (χ0v) is 13.1. The molecule has 0 radical (unpaired) electrons. The van der Waals surface area contributed by atoms with Crippen molar-refractivity contribution in [2.45, 2.75) is 13.8 Å². The van der Waals surface area contributed by atoms with E-state index in [-0.39, 0.29) is 17.2 Å². The molecule has 0 aliphatic carbocycles. The van der Waals surface area contributed by atoms with Crippen molar-refractivity contribution < 1.29 is 14.7 Å². The number of amides is 1. The van der Waals surface area contributed by atoms with E-state index in [1.165, 1.54) is 12.1 Å². The smallest absolute Gasteiger partial charge is 0.337 e. The predicted octanol–water partition coefficient (Wildman–Crippen LogP) is 3.41. The fourth-order valence-electron chi connectivity index (χ4n) is 1.87. The lowest BCUT2D eigenvalue weighted by atomic mass is 10.1. The van der Waals surface area contributed by atoms with Crippen LogP contribution in [0.15, 0.2) is 34.8 Å². The third-order valence-corrected chi connectivity index (χ3v) is 3.48. The molecule has 0 aliphatic heterocycles. The van der Waals surface area contributed by atoms with Crippen molar-refractivity contribution in [2.75, 3.05) is 5.32 Å². The number of hydrogen-bond acceptors (Lipinski definition) is 3. The normalized spacial score (nSPS) is 10.2. The van der Waals surface area contributed by atoms with E-state index in [9.17, 15) is 9.59 Å². The molecule has 6 heteroatoms. The molecule has 2 rings (SSSR count). The lowest BCUT2D eigenvalue weighted by Crippen LogP contribution is -2.16. The minimum absolute atomic E-state index is 0.0892. The highest BCUT2D eigenvalue weighted by Gasteiger charge is 2.13. The fourth-order valence-corrected chi connectivity index (χ4v) is 2.34. The lowest BCUT2D eigenvalue weighted by molar-refractivity contribution is 0.0695. The minimum atomic E-state index is -1.06. The van der Waals surface area contributed by atoms with E-state index >= 15 is 0 Å². The molecule has 2 N–H and O–H groups in total. The van der Waals surface area contributed by atoms with Crippen LogP contribution in [0.4, 0.5) is 5.69 Å². The number of hydrogen-bond donors (Lipinski definition) is 2. The van der Waals surface area contributed by atoms with E-state index < -0.39 is 5.97 Å². The second kappa shape index (κ2) is 6.05. The molecule has 1 aromatic heterocycles. The van der Waals surface area contributed by atoms with Crippen molar-refractivity contribution >= 4 is 33.5 Å². The molecule has 21 heavy (non-hydrogen) atoms. The Balaban J connectivity index is 2.24. The van der Waals surface area contributed by atoms with Crippen LogP contribution >= 0.6 is 15.9 Å². The first kappa shape index (κ1) is 15.2. The molecule has 0 unspecified atom stereocenters. The van der Waals surface area contributed by atoms with Gasteiger partial charge in [0.2, 0.25) is 0 Å². The number of aromatic nitrogens is 1. The molecule has 0 atom stereocenters. The largest absolute Gasteiger partial charge is 0.478 e. The maximum absolute atomic E-state index is 12.2. The molecular formula is C15H13BrN2O3. The molecule has 0 saturated carbocycles. The predicted molar refractivity (Wildman–Crippen MR) is 82.8 cm³/mol. The zero-order valence-electron chi connectivity index (χ0n) is 11.5. The molecule has 0 saturated heterocycles. The number of nitrogens with zero attached hydrogens (tertiary/aromatic N) is 1. The van der Waals surface area contributed by atoms with Gasteiger partial charge in [0.15, 0.2) is 0 Å². The van der Waals surface area contributed by atoms with E-state index in [2.05, 4.69) is 26.2 Å². The highest BCUT2D eigenvalue weighted by atomic mass is 79.9. The second-order valence-electron chi connectivity index (χ2n) is 4.55. The number of aromatic carboxylic acids is 1. The number of benzene rings is 1. The topological polar surface area (TPSA) is 79.3 Å². The number of rotatable bonds is 3. The minimum Gasteiger partial charge on any atom is -0.478 e. The summed E-state index contributed by atoms with van der Waals surface area (Å²) in [6, 6.07) is 8.29. The van der Waals surface area contributed by atoms with Crippen LogP contribution in [0.3, 0.4) is 0 Å². The highest BCUT2D eigenvalue weighted by molar-refractivity contribution is 9.10. The Morgan fingerprint density at radius 2 is 1.90 bits per heavy atom. The quantitative estimate of drug-likeness (QED) is 0.890. The number of carbonyl (C=O) groups is 2. The average Bonchev–Trinajstić information content (AvgIpc) is 2.41. The summed E-state index contributed by atoms with van der Waals surface area (Å²) >= 11 is 3.36. The van der Waals surface area contributed by atoms with Crippen LogP contribution in [0.2, 0.25) is 0 Å². The SMILES string of the molecule is Cc1cc(Br)ccc1NC(=O)c1ccc(C(=O)O)c(C)n1. The van der Waals surface area contributed by atoms with Crippen LogP contribution in [0.1, 0.15) is 32.1 Å². The Morgan fingerprint density at radius 3 is 2.48 bits per heavy atom. The van der Waals surface area contributed by atoms with Gasteiger partial charge in [-0.15, -0.1) is 0 Å². The number of carboxylic acid groups (broad SMARTS) is 1. The van der Waals surface area contributed by atoms with Gasteiger partial charge in [0, 0.05) is 10.2 Å². The summed E-state index contributed by atoms with van der Waals surface area (Å²) in [4.78, 5) is 27.1. The lowest BCUT2D eigenvalue weighted by Gasteiger charge is -2.09. The first-order valence-corrected chi connectivity index (χ1v) is 6.96. The van der Waals surface area contributed by atoms with Gasteiger partial charge in [-0.05, 0) is 49.7 Å². The first-order chi connectivity index (χ1) is 9.88. The molecule has 1 aromatic carbocycles. The van der Waals surface area contributed by atoms with Crippen molar-refractivity contribution in [1.29, 1.82) is 0 Å². The summed E-state index contributed by atoms with van der Waals surface area (Å²) in [5, 5.41) is 11.7. The Hall–Kier alpha value is -2.21. The highest BCUT2D eigenvalue weighted by Crippen LogP contribution is 2.20. The number of pyridine rings is 1. The van der Waals surface area contributed by atoms with Gasteiger partial charge in [-0.1, -0.05) is 15.9 Å². The van der Waals surface area contributed by atoms with Crippen LogP contribution in [0.25, 0.3) is 0 Å².